The summed E-state index contributed by atoms with van der Waals surface area (Å²) in [6.07, 6.45) is 0. The zero-order chi connectivity index (χ0) is 15.3. The van der Waals surface area contributed by atoms with Crippen molar-refractivity contribution in [3.05, 3.63) is 46.3 Å². The number of carbonyl (C=O) groups is 1. The summed E-state index contributed by atoms with van der Waals surface area (Å²) in [6.45, 7) is 7.62. The monoisotopic (exact) mass is 303 g/mol. The van der Waals surface area contributed by atoms with E-state index in [-0.39, 0.29) is 11.3 Å². The predicted octanol–water partition coefficient (Wildman–Crippen LogP) is 3.28. The molecule has 0 saturated heterocycles. The summed E-state index contributed by atoms with van der Waals surface area (Å²) in [6, 6.07) is 9.56. The average molecular weight is 303 g/mol. The maximum absolute atomic E-state index is 12.2. The van der Waals surface area contributed by atoms with E-state index in [1.165, 1.54) is 4.88 Å². The Balaban J connectivity index is 2.00. The second-order valence-corrected chi connectivity index (χ2v) is 6.43. The Kier molecular flexibility index (Phi) is 4.96. The zero-order valence-corrected chi connectivity index (χ0v) is 13.5. The topological polar surface area (TPSA) is 54.0 Å². The molecule has 0 aliphatic rings. The van der Waals surface area contributed by atoms with Crippen molar-refractivity contribution in [2.24, 2.45) is 0 Å². The molecule has 0 aliphatic heterocycles. The van der Waals surface area contributed by atoms with Gasteiger partial charge in [-0.25, -0.2) is 4.98 Å². The van der Waals surface area contributed by atoms with Crippen LogP contribution in [0.3, 0.4) is 0 Å². The highest BCUT2D eigenvalue weighted by molar-refractivity contribution is 7.10. The van der Waals surface area contributed by atoms with Crippen LogP contribution in [0.15, 0.2) is 35.7 Å². The number of aromatic nitrogens is 1. The third-order valence-electron chi connectivity index (χ3n) is 3.22. The third kappa shape index (κ3) is 4.04. The number of rotatable bonds is 6. The van der Waals surface area contributed by atoms with Crippen molar-refractivity contribution in [2.45, 2.75) is 26.2 Å². The minimum atomic E-state index is -0.139. The van der Waals surface area contributed by atoms with E-state index in [2.05, 4.69) is 40.9 Å². The second kappa shape index (κ2) is 6.72. The highest BCUT2D eigenvalue weighted by Gasteiger charge is 2.23. The SMILES string of the molecule is CCNc1cccc(C(=O)NCC(C)(C)c2cccs2)n1. The molecule has 2 rings (SSSR count). The molecule has 2 aromatic rings. The first-order chi connectivity index (χ1) is 10.0. The van der Waals surface area contributed by atoms with E-state index in [0.29, 0.717) is 12.2 Å². The van der Waals surface area contributed by atoms with Crippen molar-refractivity contribution in [2.75, 3.05) is 18.4 Å². The molecule has 1 amide bonds. The van der Waals surface area contributed by atoms with Gasteiger partial charge < -0.3 is 10.6 Å². The van der Waals surface area contributed by atoms with Gasteiger partial charge >= 0.3 is 0 Å². The standard InChI is InChI=1S/C16H21N3OS/c1-4-17-14-9-5-7-12(19-14)15(20)18-11-16(2,3)13-8-6-10-21-13/h5-10H,4,11H2,1-3H3,(H,17,19)(H,18,20). The molecule has 5 heteroatoms. The van der Waals surface area contributed by atoms with Crippen molar-refractivity contribution >= 4 is 23.1 Å². The van der Waals surface area contributed by atoms with Crippen LogP contribution in [0, 0.1) is 0 Å². The summed E-state index contributed by atoms with van der Waals surface area (Å²) in [5.74, 6) is 0.585. The van der Waals surface area contributed by atoms with Crippen LogP contribution in [0.25, 0.3) is 0 Å². The molecule has 0 spiro atoms. The Labute approximate surface area is 129 Å². The van der Waals surface area contributed by atoms with E-state index in [4.69, 9.17) is 0 Å². The van der Waals surface area contributed by atoms with Crippen LogP contribution >= 0.6 is 11.3 Å². The highest BCUT2D eigenvalue weighted by atomic mass is 32.1. The van der Waals surface area contributed by atoms with Gasteiger partial charge in [0.15, 0.2) is 0 Å². The summed E-state index contributed by atoms with van der Waals surface area (Å²) in [5.41, 5.74) is 0.360. The molecule has 2 aromatic heterocycles. The summed E-state index contributed by atoms with van der Waals surface area (Å²) in [5, 5.41) is 8.14. The molecule has 0 saturated carbocycles. The van der Waals surface area contributed by atoms with Crippen LogP contribution in [0.5, 0.6) is 0 Å². The van der Waals surface area contributed by atoms with E-state index in [1.54, 1.807) is 17.4 Å². The maximum Gasteiger partial charge on any atom is 0.269 e. The number of hydrogen-bond acceptors (Lipinski definition) is 4. The van der Waals surface area contributed by atoms with Gasteiger partial charge in [-0.2, -0.15) is 0 Å². The number of nitrogens with zero attached hydrogens (tertiary/aromatic N) is 1. The first kappa shape index (κ1) is 15.5. The largest absolute Gasteiger partial charge is 0.370 e. The van der Waals surface area contributed by atoms with Gasteiger partial charge in [0.2, 0.25) is 0 Å². The highest BCUT2D eigenvalue weighted by Crippen LogP contribution is 2.26. The quantitative estimate of drug-likeness (QED) is 0.861. The Bertz CT molecular complexity index is 593. The van der Waals surface area contributed by atoms with Gasteiger partial charge in [-0.05, 0) is 30.5 Å². The summed E-state index contributed by atoms with van der Waals surface area (Å²) >= 11 is 1.71. The van der Waals surface area contributed by atoms with Crippen LogP contribution in [0.2, 0.25) is 0 Å². The number of carbonyl (C=O) groups excluding carboxylic acids is 1. The van der Waals surface area contributed by atoms with Gasteiger partial charge in [0.25, 0.3) is 5.91 Å². The molecule has 2 N–H and O–H groups in total. The molecule has 21 heavy (non-hydrogen) atoms. The van der Waals surface area contributed by atoms with Crippen molar-refractivity contribution in [3.8, 4) is 0 Å². The van der Waals surface area contributed by atoms with E-state index in [0.717, 1.165) is 12.4 Å². The molecule has 0 aliphatic carbocycles. The van der Waals surface area contributed by atoms with E-state index in [1.807, 2.05) is 25.1 Å². The Hall–Kier alpha value is -1.88. The fourth-order valence-electron chi connectivity index (χ4n) is 1.98. The lowest BCUT2D eigenvalue weighted by atomic mass is 9.91. The lowest BCUT2D eigenvalue weighted by molar-refractivity contribution is 0.0941. The van der Waals surface area contributed by atoms with Crippen LogP contribution in [-0.2, 0) is 5.41 Å². The van der Waals surface area contributed by atoms with Crippen LogP contribution in [0.1, 0.15) is 36.1 Å². The minimum absolute atomic E-state index is 0.0803. The first-order valence-corrected chi connectivity index (χ1v) is 7.94. The van der Waals surface area contributed by atoms with Crippen LogP contribution in [-0.4, -0.2) is 24.0 Å². The molecule has 0 bridgehead atoms. The zero-order valence-electron chi connectivity index (χ0n) is 12.6. The molecule has 2 heterocycles. The number of hydrogen-bond donors (Lipinski definition) is 2. The fraction of sp³-hybridized carbons (Fsp3) is 0.375. The smallest absolute Gasteiger partial charge is 0.269 e. The summed E-state index contributed by atoms with van der Waals surface area (Å²) < 4.78 is 0. The van der Waals surface area contributed by atoms with Crippen molar-refractivity contribution in [3.63, 3.8) is 0 Å². The molecular weight excluding hydrogens is 282 g/mol. The van der Waals surface area contributed by atoms with Gasteiger partial charge in [-0.15, -0.1) is 11.3 Å². The molecule has 0 radical (unpaired) electrons. The Morgan fingerprint density at radius 3 is 2.76 bits per heavy atom. The summed E-state index contributed by atoms with van der Waals surface area (Å²) in [4.78, 5) is 17.8. The van der Waals surface area contributed by atoms with Crippen LogP contribution in [0.4, 0.5) is 5.82 Å². The third-order valence-corrected chi connectivity index (χ3v) is 4.45. The Morgan fingerprint density at radius 1 is 1.29 bits per heavy atom. The predicted molar refractivity (Wildman–Crippen MR) is 88.1 cm³/mol. The number of anilines is 1. The van der Waals surface area contributed by atoms with E-state index >= 15 is 0 Å². The van der Waals surface area contributed by atoms with Gasteiger partial charge in [0.1, 0.15) is 11.5 Å². The van der Waals surface area contributed by atoms with Gasteiger partial charge in [0.05, 0.1) is 0 Å². The summed E-state index contributed by atoms with van der Waals surface area (Å²) in [7, 11) is 0. The number of amides is 1. The first-order valence-electron chi connectivity index (χ1n) is 7.06. The maximum atomic E-state index is 12.2. The van der Waals surface area contributed by atoms with Crippen molar-refractivity contribution in [1.29, 1.82) is 0 Å². The molecule has 0 unspecified atom stereocenters. The fourth-order valence-corrected chi connectivity index (χ4v) is 2.84. The normalized spacial score (nSPS) is 11.2. The molecule has 112 valence electrons. The lowest BCUT2D eigenvalue weighted by Gasteiger charge is -2.23. The van der Waals surface area contributed by atoms with Gasteiger partial charge in [0, 0.05) is 23.4 Å². The molecule has 0 atom stereocenters. The van der Waals surface area contributed by atoms with Gasteiger partial charge in [-0.3, -0.25) is 4.79 Å². The molecule has 0 fully saturated rings. The molecule has 4 nitrogen and oxygen atoms in total. The number of nitrogens with one attached hydrogen (secondary N) is 2. The van der Waals surface area contributed by atoms with Crippen LogP contribution < -0.4 is 10.6 Å². The van der Waals surface area contributed by atoms with Gasteiger partial charge in [-0.1, -0.05) is 26.0 Å². The van der Waals surface area contributed by atoms with E-state index in [9.17, 15) is 4.79 Å². The lowest BCUT2D eigenvalue weighted by Crippen LogP contribution is -2.36. The van der Waals surface area contributed by atoms with Crippen molar-refractivity contribution in [1.82, 2.24) is 10.3 Å². The second-order valence-electron chi connectivity index (χ2n) is 5.48. The molecule has 0 aromatic carbocycles. The Morgan fingerprint density at radius 2 is 2.10 bits per heavy atom. The van der Waals surface area contributed by atoms with Crippen molar-refractivity contribution < 1.29 is 4.79 Å². The number of thiophene rings is 1. The van der Waals surface area contributed by atoms with E-state index < -0.39 is 0 Å². The molecular formula is C16H21N3OS. The average Bonchev–Trinajstić information content (AvgIpc) is 3.00. The minimum Gasteiger partial charge on any atom is -0.370 e. The number of pyridine rings is 1.